The Morgan fingerprint density at radius 2 is 2.04 bits per heavy atom. The molecule has 1 aromatic carbocycles. The maximum Gasteiger partial charge on any atom is 0.191 e. The zero-order chi connectivity index (χ0) is 16.5. The number of aromatic nitrogens is 1. The number of aryl methyl sites for hydroxylation is 2. The number of benzene rings is 1. The van der Waals surface area contributed by atoms with Crippen LogP contribution in [0.5, 0.6) is 0 Å². The molecule has 0 saturated carbocycles. The maximum atomic E-state index is 4.56. The van der Waals surface area contributed by atoms with Gasteiger partial charge in [-0.1, -0.05) is 37.3 Å². The van der Waals surface area contributed by atoms with Gasteiger partial charge in [-0.3, -0.25) is 4.99 Å². The van der Waals surface area contributed by atoms with Crippen molar-refractivity contribution in [1.29, 1.82) is 0 Å². The highest BCUT2D eigenvalue weighted by atomic mass is 127. The lowest BCUT2D eigenvalue weighted by Gasteiger charge is -2.17. The normalized spacial score (nSPS) is 12.4. The van der Waals surface area contributed by atoms with Crippen molar-refractivity contribution in [2.45, 2.75) is 45.7 Å². The molecule has 2 aromatic rings. The molecule has 0 amide bonds. The van der Waals surface area contributed by atoms with E-state index in [2.05, 4.69) is 70.2 Å². The fourth-order valence-electron chi connectivity index (χ4n) is 2.29. The van der Waals surface area contributed by atoms with Gasteiger partial charge in [-0.2, -0.15) is 0 Å². The molecule has 0 aliphatic rings. The number of guanidine groups is 1. The van der Waals surface area contributed by atoms with E-state index < -0.39 is 0 Å². The van der Waals surface area contributed by atoms with Gasteiger partial charge in [-0.15, -0.1) is 35.3 Å². The van der Waals surface area contributed by atoms with Gasteiger partial charge in [0.2, 0.25) is 0 Å². The molecule has 0 spiro atoms. The summed E-state index contributed by atoms with van der Waals surface area (Å²) in [5.41, 5.74) is 2.45. The SMILES string of the molecule is CCc1nc(CNC(=NC)NC(C)CCc2ccccc2)cs1.I. The fourth-order valence-corrected chi connectivity index (χ4v) is 3.04. The van der Waals surface area contributed by atoms with E-state index in [4.69, 9.17) is 0 Å². The zero-order valence-corrected chi connectivity index (χ0v) is 17.7. The van der Waals surface area contributed by atoms with Crippen LogP contribution in [0.3, 0.4) is 0 Å². The third-order valence-electron chi connectivity index (χ3n) is 3.65. The van der Waals surface area contributed by atoms with E-state index in [0.717, 1.165) is 30.9 Å². The summed E-state index contributed by atoms with van der Waals surface area (Å²) in [4.78, 5) is 8.86. The largest absolute Gasteiger partial charge is 0.354 e. The average molecular weight is 458 g/mol. The van der Waals surface area contributed by atoms with Crippen molar-refractivity contribution >= 4 is 41.3 Å². The smallest absolute Gasteiger partial charge is 0.191 e. The Morgan fingerprint density at radius 3 is 2.67 bits per heavy atom. The molecule has 1 heterocycles. The van der Waals surface area contributed by atoms with Crippen LogP contribution in [0.2, 0.25) is 0 Å². The van der Waals surface area contributed by atoms with Crippen molar-refractivity contribution in [3.8, 4) is 0 Å². The van der Waals surface area contributed by atoms with E-state index >= 15 is 0 Å². The van der Waals surface area contributed by atoms with Gasteiger partial charge in [0.15, 0.2) is 5.96 Å². The third-order valence-corrected chi connectivity index (χ3v) is 4.70. The Hall–Kier alpha value is -1.15. The predicted octanol–water partition coefficient (Wildman–Crippen LogP) is 4.01. The van der Waals surface area contributed by atoms with Gasteiger partial charge in [-0.05, 0) is 31.7 Å². The molecule has 0 radical (unpaired) electrons. The first-order chi connectivity index (χ1) is 11.2. The molecule has 2 N–H and O–H groups in total. The Labute approximate surface area is 166 Å². The van der Waals surface area contributed by atoms with Crippen LogP contribution in [0, 0.1) is 0 Å². The second-order valence-corrected chi connectivity index (χ2v) is 6.52. The monoisotopic (exact) mass is 458 g/mol. The minimum absolute atomic E-state index is 0. The van der Waals surface area contributed by atoms with Crippen LogP contribution in [-0.4, -0.2) is 24.0 Å². The summed E-state index contributed by atoms with van der Waals surface area (Å²) in [5.74, 6) is 0.830. The number of aliphatic imine (C=N–C) groups is 1. The Balaban J connectivity index is 0.00000288. The Morgan fingerprint density at radius 1 is 1.29 bits per heavy atom. The lowest BCUT2D eigenvalue weighted by Crippen LogP contribution is -2.42. The number of hydrogen-bond acceptors (Lipinski definition) is 3. The fraction of sp³-hybridized carbons (Fsp3) is 0.444. The molecular formula is C18H27IN4S. The van der Waals surface area contributed by atoms with Crippen LogP contribution in [0.4, 0.5) is 0 Å². The van der Waals surface area contributed by atoms with E-state index in [9.17, 15) is 0 Å². The van der Waals surface area contributed by atoms with Crippen LogP contribution >= 0.6 is 35.3 Å². The first-order valence-electron chi connectivity index (χ1n) is 8.15. The van der Waals surface area contributed by atoms with Gasteiger partial charge in [0.1, 0.15) is 0 Å². The molecule has 132 valence electrons. The molecule has 1 aromatic heterocycles. The number of hydrogen-bond donors (Lipinski definition) is 2. The van der Waals surface area contributed by atoms with Crippen LogP contribution in [0.15, 0.2) is 40.7 Å². The number of halogens is 1. The first-order valence-corrected chi connectivity index (χ1v) is 9.03. The molecule has 0 saturated heterocycles. The molecule has 0 aliphatic heterocycles. The van der Waals surface area contributed by atoms with E-state index in [1.165, 1.54) is 10.6 Å². The minimum Gasteiger partial charge on any atom is -0.354 e. The molecule has 1 unspecified atom stereocenters. The first kappa shape index (κ1) is 20.9. The number of nitrogens with zero attached hydrogens (tertiary/aromatic N) is 2. The molecule has 0 fully saturated rings. The van der Waals surface area contributed by atoms with Crippen LogP contribution in [0.25, 0.3) is 0 Å². The second kappa shape index (κ2) is 11.4. The molecule has 4 nitrogen and oxygen atoms in total. The predicted molar refractivity (Wildman–Crippen MR) is 114 cm³/mol. The number of rotatable bonds is 7. The molecular weight excluding hydrogens is 431 g/mol. The number of nitrogens with one attached hydrogen (secondary N) is 2. The summed E-state index contributed by atoms with van der Waals surface area (Å²) in [5, 5.41) is 10.1. The molecule has 24 heavy (non-hydrogen) atoms. The summed E-state index contributed by atoms with van der Waals surface area (Å²) in [7, 11) is 1.80. The second-order valence-electron chi connectivity index (χ2n) is 5.58. The van der Waals surface area contributed by atoms with Crippen molar-refractivity contribution in [2.24, 2.45) is 4.99 Å². The van der Waals surface area contributed by atoms with Gasteiger partial charge in [0, 0.05) is 18.5 Å². The van der Waals surface area contributed by atoms with Gasteiger partial charge in [0.05, 0.1) is 17.2 Å². The van der Waals surface area contributed by atoms with Gasteiger partial charge < -0.3 is 10.6 Å². The average Bonchev–Trinajstić information content (AvgIpc) is 3.05. The topological polar surface area (TPSA) is 49.3 Å². The van der Waals surface area contributed by atoms with E-state index in [1.807, 2.05) is 0 Å². The summed E-state index contributed by atoms with van der Waals surface area (Å²) in [6.45, 7) is 5.03. The highest BCUT2D eigenvalue weighted by Gasteiger charge is 2.07. The Bertz CT molecular complexity index is 612. The molecule has 1 atom stereocenters. The van der Waals surface area contributed by atoms with Gasteiger partial charge in [-0.25, -0.2) is 4.98 Å². The maximum absolute atomic E-state index is 4.56. The highest BCUT2D eigenvalue weighted by molar-refractivity contribution is 14.0. The summed E-state index contributed by atoms with van der Waals surface area (Å²) in [6.07, 6.45) is 3.13. The number of thiazole rings is 1. The van der Waals surface area contributed by atoms with Crippen molar-refractivity contribution in [2.75, 3.05) is 7.05 Å². The lowest BCUT2D eigenvalue weighted by atomic mass is 10.1. The van der Waals surface area contributed by atoms with Gasteiger partial charge in [0.25, 0.3) is 0 Å². The Kier molecular flexibility index (Phi) is 9.94. The van der Waals surface area contributed by atoms with Crippen LogP contribution < -0.4 is 10.6 Å². The van der Waals surface area contributed by atoms with Crippen molar-refractivity contribution in [3.63, 3.8) is 0 Å². The quantitative estimate of drug-likeness (QED) is 0.375. The molecule has 0 aliphatic carbocycles. The zero-order valence-electron chi connectivity index (χ0n) is 14.6. The van der Waals surface area contributed by atoms with Crippen molar-refractivity contribution < 1.29 is 0 Å². The molecule has 0 bridgehead atoms. The van der Waals surface area contributed by atoms with E-state index in [1.54, 1.807) is 18.4 Å². The van der Waals surface area contributed by atoms with E-state index in [0.29, 0.717) is 12.6 Å². The van der Waals surface area contributed by atoms with Crippen LogP contribution in [-0.2, 0) is 19.4 Å². The van der Waals surface area contributed by atoms with Crippen molar-refractivity contribution in [3.05, 3.63) is 52.0 Å². The minimum atomic E-state index is 0. The van der Waals surface area contributed by atoms with E-state index in [-0.39, 0.29) is 24.0 Å². The standard InChI is InChI=1S/C18H26N4S.HI/c1-4-17-22-16(13-23-17)12-20-18(19-3)21-14(2)10-11-15-8-6-5-7-9-15;/h5-9,13-14H,4,10-12H2,1-3H3,(H2,19,20,21);1H. The summed E-state index contributed by atoms with van der Waals surface area (Å²) < 4.78 is 0. The summed E-state index contributed by atoms with van der Waals surface area (Å²) >= 11 is 1.72. The lowest BCUT2D eigenvalue weighted by molar-refractivity contribution is 0.592. The van der Waals surface area contributed by atoms with Crippen molar-refractivity contribution in [1.82, 2.24) is 15.6 Å². The molecule has 6 heteroatoms. The van der Waals surface area contributed by atoms with Gasteiger partial charge >= 0.3 is 0 Å². The molecule has 2 rings (SSSR count). The van der Waals surface area contributed by atoms with Crippen LogP contribution in [0.1, 0.15) is 36.5 Å². The third kappa shape index (κ3) is 7.17. The highest BCUT2D eigenvalue weighted by Crippen LogP contribution is 2.09. The summed E-state index contributed by atoms with van der Waals surface area (Å²) in [6, 6.07) is 10.9.